The first-order valence-electron chi connectivity index (χ1n) is 6.84. The van der Waals surface area contributed by atoms with Crippen LogP contribution in [-0.2, 0) is 9.53 Å². The first-order valence-corrected chi connectivity index (χ1v) is 7.65. The summed E-state index contributed by atoms with van der Waals surface area (Å²) in [5, 5.41) is 10.8. The second-order valence-corrected chi connectivity index (χ2v) is 5.79. The summed E-state index contributed by atoms with van der Waals surface area (Å²) in [6.45, 7) is 1.97. The van der Waals surface area contributed by atoms with E-state index in [2.05, 4.69) is 4.99 Å². The number of hydrogen-bond acceptors (Lipinski definition) is 6. The van der Waals surface area contributed by atoms with Crippen molar-refractivity contribution < 1.29 is 14.6 Å². The average molecular weight is 318 g/mol. The summed E-state index contributed by atoms with van der Waals surface area (Å²) >= 11 is 1.25. The second kappa shape index (κ2) is 7.17. The third-order valence-corrected chi connectivity index (χ3v) is 3.74. The third-order valence-electron chi connectivity index (χ3n) is 2.73. The molecule has 0 aliphatic carbocycles. The molecule has 1 aliphatic rings. The van der Waals surface area contributed by atoms with Crippen LogP contribution in [0.15, 0.2) is 57.8 Å². The zero-order valence-electron chi connectivity index (χ0n) is 12.7. The minimum absolute atomic E-state index is 0.0909. The molecule has 0 unspecified atom stereocenters. The second-order valence-electron chi connectivity index (χ2n) is 4.76. The minimum Gasteiger partial charge on any atom is -0.506 e. The van der Waals surface area contributed by atoms with Crippen LogP contribution in [0.1, 0.15) is 6.92 Å². The lowest BCUT2D eigenvalue weighted by Crippen LogP contribution is -2.12. The van der Waals surface area contributed by atoms with Crippen molar-refractivity contribution in [2.24, 2.45) is 4.99 Å². The Bertz CT molecular complexity index is 649. The molecule has 1 aromatic carbocycles. The van der Waals surface area contributed by atoms with Crippen LogP contribution in [0.2, 0.25) is 0 Å². The van der Waals surface area contributed by atoms with Crippen molar-refractivity contribution in [3.63, 3.8) is 0 Å². The van der Waals surface area contributed by atoms with Gasteiger partial charge in [0, 0.05) is 20.3 Å². The van der Waals surface area contributed by atoms with Gasteiger partial charge in [0.25, 0.3) is 0 Å². The van der Waals surface area contributed by atoms with Crippen molar-refractivity contribution in [2.45, 2.75) is 6.92 Å². The van der Waals surface area contributed by atoms with Gasteiger partial charge in [0.05, 0.1) is 17.2 Å². The number of aliphatic hydroxyl groups is 1. The summed E-state index contributed by atoms with van der Waals surface area (Å²) in [7, 11) is 3.69. The number of aliphatic imine (C=N–C) groups is 1. The number of rotatable bonds is 4. The number of carbonyl (C=O) groups excluding carboxylic acids is 1. The van der Waals surface area contributed by atoms with E-state index < -0.39 is 5.97 Å². The van der Waals surface area contributed by atoms with Gasteiger partial charge in [-0.2, -0.15) is 0 Å². The van der Waals surface area contributed by atoms with E-state index in [0.29, 0.717) is 15.6 Å². The van der Waals surface area contributed by atoms with E-state index in [4.69, 9.17) is 4.74 Å². The Morgan fingerprint density at radius 1 is 1.36 bits per heavy atom. The van der Waals surface area contributed by atoms with Gasteiger partial charge < -0.3 is 14.7 Å². The van der Waals surface area contributed by atoms with E-state index in [1.807, 2.05) is 44.4 Å². The van der Waals surface area contributed by atoms with Crippen molar-refractivity contribution in [3.8, 4) is 0 Å². The maximum Gasteiger partial charge on any atom is 0.344 e. The van der Waals surface area contributed by atoms with E-state index in [0.717, 1.165) is 0 Å². The molecular weight excluding hydrogens is 300 g/mol. The quantitative estimate of drug-likeness (QED) is 0.864. The van der Waals surface area contributed by atoms with Crippen molar-refractivity contribution >= 4 is 28.5 Å². The van der Waals surface area contributed by atoms with Crippen LogP contribution >= 0.6 is 11.8 Å². The largest absolute Gasteiger partial charge is 0.506 e. The molecular formula is C16H18N2O3S. The van der Waals surface area contributed by atoms with E-state index in [1.165, 1.54) is 11.8 Å². The van der Waals surface area contributed by atoms with Crippen molar-refractivity contribution in [2.75, 3.05) is 20.7 Å². The number of carbonyl (C=O) groups is 1. The fraction of sp³-hybridized carbons (Fsp3) is 0.250. The number of benzene rings is 1. The Morgan fingerprint density at radius 3 is 2.64 bits per heavy atom. The summed E-state index contributed by atoms with van der Waals surface area (Å²) in [5.74, 6) is -0.656. The summed E-state index contributed by atoms with van der Waals surface area (Å²) in [6.07, 6.45) is 1.74. The Kier molecular flexibility index (Phi) is 5.27. The molecule has 22 heavy (non-hydrogen) atoms. The highest BCUT2D eigenvalue weighted by molar-refractivity contribution is 8.18. The Morgan fingerprint density at radius 2 is 2.05 bits per heavy atom. The highest BCUT2D eigenvalue weighted by atomic mass is 32.2. The molecule has 0 fully saturated rings. The summed E-state index contributed by atoms with van der Waals surface area (Å²) in [4.78, 5) is 18.9. The number of aliphatic hydroxyl groups excluding tert-OH is 1. The van der Waals surface area contributed by atoms with Gasteiger partial charge >= 0.3 is 5.97 Å². The minimum atomic E-state index is -0.565. The molecule has 0 aromatic heterocycles. The lowest BCUT2D eigenvalue weighted by molar-refractivity contribution is -0.138. The molecule has 1 aliphatic heterocycles. The predicted molar refractivity (Wildman–Crippen MR) is 89.2 cm³/mol. The monoisotopic (exact) mass is 318 g/mol. The van der Waals surface area contributed by atoms with E-state index in [1.54, 1.807) is 18.0 Å². The summed E-state index contributed by atoms with van der Waals surface area (Å²) < 4.78 is 5.03. The summed E-state index contributed by atoms with van der Waals surface area (Å²) in [5.41, 5.74) is 0.828. The van der Waals surface area contributed by atoms with Crippen LogP contribution in [0.3, 0.4) is 0 Å². The average Bonchev–Trinajstić information content (AvgIpc) is 2.75. The predicted octanol–water partition coefficient (Wildman–Crippen LogP) is 3.24. The van der Waals surface area contributed by atoms with Gasteiger partial charge in [-0.1, -0.05) is 30.0 Å². The van der Waals surface area contributed by atoms with Gasteiger partial charge in [0.15, 0.2) is 0 Å². The van der Waals surface area contributed by atoms with Gasteiger partial charge in [-0.3, -0.25) is 0 Å². The van der Waals surface area contributed by atoms with Crippen molar-refractivity contribution in [1.82, 2.24) is 4.90 Å². The molecule has 0 radical (unpaired) electrons. The topological polar surface area (TPSA) is 62.1 Å². The zero-order valence-corrected chi connectivity index (χ0v) is 13.6. The maximum absolute atomic E-state index is 12.1. The van der Waals surface area contributed by atoms with E-state index in [-0.39, 0.29) is 17.9 Å². The third kappa shape index (κ3) is 3.71. The fourth-order valence-electron chi connectivity index (χ4n) is 1.84. The number of ether oxygens (including phenoxy) is 1. The lowest BCUT2D eigenvalue weighted by Gasteiger charge is -2.06. The van der Waals surface area contributed by atoms with Crippen LogP contribution in [0.25, 0.3) is 0 Å². The van der Waals surface area contributed by atoms with E-state index in [9.17, 15) is 9.90 Å². The van der Waals surface area contributed by atoms with Gasteiger partial charge in [-0.25, -0.2) is 9.79 Å². The molecule has 1 heterocycles. The standard InChI is InChI=1S/C16H18N2O3S/c1-4-21-16(20)13-14(19)12(10-18(2)3)22-15(13)17-11-8-6-5-7-9-11/h5-10,19H,4H2,1-3H3/b12-10-,17-15?. The van der Waals surface area contributed by atoms with Crippen LogP contribution in [-0.4, -0.2) is 41.7 Å². The van der Waals surface area contributed by atoms with Crippen molar-refractivity contribution in [1.29, 1.82) is 0 Å². The molecule has 0 bridgehead atoms. The Hall–Kier alpha value is -2.21. The number of hydrogen-bond donors (Lipinski definition) is 1. The Labute approximate surface area is 134 Å². The molecule has 0 saturated heterocycles. The van der Waals surface area contributed by atoms with Gasteiger partial charge in [-0.05, 0) is 19.1 Å². The highest BCUT2D eigenvalue weighted by Gasteiger charge is 2.33. The highest BCUT2D eigenvalue weighted by Crippen LogP contribution is 2.39. The van der Waals surface area contributed by atoms with Gasteiger partial charge in [0.2, 0.25) is 0 Å². The Balaban J connectivity index is 2.45. The van der Waals surface area contributed by atoms with Crippen LogP contribution in [0, 0.1) is 0 Å². The van der Waals surface area contributed by atoms with Gasteiger partial charge in [0.1, 0.15) is 16.4 Å². The SMILES string of the molecule is CCOC(=O)C1=C(O)/C(=C/N(C)C)SC1=Nc1ccccc1. The normalized spacial score (nSPS) is 18.1. The van der Waals surface area contributed by atoms with Crippen LogP contribution in [0.4, 0.5) is 5.69 Å². The lowest BCUT2D eigenvalue weighted by atomic mass is 10.2. The summed E-state index contributed by atoms with van der Waals surface area (Å²) in [6, 6.07) is 9.29. The maximum atomic E-state index is 12.1. The fourth-order valence-corrected chi connectivity index (χ4v) is 2.94. The van der Waals surface area contributed by atoms with Crippen LogP contribution < -0.4 is 0 Å². The van der Waals surface area contributed by atoms with Crippen molar-refractivity contribution in [3.05, 3.63) is 52.8 Å². The molecule has 1 N–H and O–H groups in total. The molecule has 6 heteroatoms. The number of nitrogens with zero attached hydrogens (tertiary/aromatic N) is 2. The number of para-hydroxylation sites is 1. The molecule has 0 amide bonds. The smallest absolute Gasteiger partial charge is 0.344 e. The molecule has 0 saturated carbocycles. The van der Waals surface area contributed by atoms with E-state index >= 15 is 0 Å². The molecule has 5 nitrogen and oxygen atoms in total. The first kappa shape index (κ1) is 16.2. The first-order chi connectivity index (χ1) is 10.5. The molecule has 1 aromatic rings. The van der Waals surface area contributed by atoms with Gasteiger partial charge in [-0.15, -0.1) is 0 Å². The van der Waals surface area contributed by atoms with Crippen LogP contribution in [0.5, 0.6) is 0 Å². The molecule has 116 valence electrons. The number of thioether (sulfide) groups is 1. The number of esters is 1. The molecule has 0 spiro atoms. The molecule has 2 rings (SSSR count). The molecule has 0 atom stereocenters. The zero-order chi connectivity index (χ0) is 16.1.